The van der Waals surface area contributed by atoms with Crippen molar-refractivity contribution in [3.63, 3.8) is 0 Å². The van der Waals surface area contributed by atoms with E-state index in [2.05, 4.69) is 27.5 Å². The number of hydrogen-bond donors (Lipinski definition) is 1. The molecule has 1 aliphatic rings. The zero-order valence-electron chi connectivity index (χ0n) is 10.0. The Morgan fingerprint density at radius 2 is 2.24 bits per heavy atom. The van der Waals surface area contributed by atoms with Crippen LogP contribution in [0.25, 0.3) is 0 Å². The summed E-state index contributed by atoms with van der Waals surface area (Å²) in [6.07, 6.45) is 3.97. The molecule has 94 valence electrons. The van der Waals surface area contributed by atoms with Gasteiger partial charge in [-0.1, -0.05) is 22.4 Å². The molecule has 4 heteroatoms. The Bertz CT molecular complexity index is 366. The second-order valence-electron chi connectivity index (χ2n) is 4.39. The Morgan fingerprint density at radius 3 is 2.88 bits per heavy atom. The van der Waals surface area contributed by atoms with Gasteiger partial charge in [0.25, 0.3) is 0 Å². The number of rotatable bonds is 6. The largest absolute Gasteiger partial charge is 0.493 e. The van der Waals surface area contributed by atoms with E-state index in [0.717, 1.165) is 28.3 Å². The first-order chi connectivity index (χ1) is 8.29. The van der Waals surface area contributed by atoms with E-state index in [1.165, 1.54) is 19.3 Å². The minimum absolute atomic E-state index is 0.649. The summed E-state index contributed by atoms with van der Waals surface area (Å²) in [5.41, 5.74) is 3.96. The molecule has 1 aromatic carbocycles. The SMILES string of the molecule is CONCc1cc(Br)ccc1OCC1CCC1. The van der Waals surface area contributed by atoms with E-state index in [1.54, 1.807) is 7.11 Å². The molecule has 0 aliphatic heterocycles. The molecule has 1 aliphatic carbocycles. The van der Waals surface area contributed by atoms with Crippen LogP contribution in [0.4, 0.5) is 0 Å². The van der Waals surface area contributed by atoms with Crippen molar-refractivity contribution in [1.29, 1.82) is 0 Å². The minimum atomic E-state index is 0.649. The average molecular weight is 300 g/mol. The predicted molar refractivity (Wildman–Crippen MR) is 70.8 cm³/mol. The predicted octanol–water partition coefficient (Wildman–Crippen LogP) is 3.28. The fourth-order valence-electron chi connectivity index (χ4n) is 1.84. The van der Waals surface area contributed by atoms with Gasteiger partial charge >= 0.3 is 0 Å². The Labute approximate surface area is 111 Å². The quantitative estimate of drug-likeness (QED) is 0.818. The van der Waals surface area contributed by atoms with E-state index in [9.17, 15) is 0 Å². The van der Waals surface area contributed by atoms with E-state index in [-0.39, 0.29) is 0 Å². The van der Waals surface area contributed by atoms with Gasteiger partial charge in [-0.05, 0) is 37.0 Å². The lowest BCUT2D eigenvalue weighted by atomic mass is 9.86. The Hall–Kier alpha value is -0.580. The van der Waals surface area contributed by atoms with Gasteiger partial charge in [-0.15, -0.1) is 0 Å². The molecule has 0 saturated heterocycles. The molecule has 1 saturated carbocycles. The number of ether oxygens (including phenoxy) is 1. The van der Waals surface area contributed by atoms with Crippen molar-refractivity contribution in [1.82, 2.24) is 5.48 Å². The summed E-state index contributed by atoms with van der Waals surface area (Å²) < 4.78 is 6.93. The summed E-state index contributed by atoms with van der Waals surface area (Å²) in [7, 11) is 1.62. The number of benzene rings is 1. The van der Waals surface area contributed by atoms with E-state index in [4.69, 9.17) is 9.57 Å². The molecule has 0 bridgehead atoms. The number of nitrogens with one attached hydrogen (secondary N) is 1. The standard InChI is InChI=1S/C13H18BrNO2/c1-16-15-8-11-7-12(14)5-6-13(11)17-9-10-3-2-4-10/h5-7,10,15H,2-4,8-9H2,1H3. The van der Waals surface area contributed by atoms with Crippen molar-refractivity contribution >= 4 is 15.9 Å². The van der Waals surface area contributed by atoms with Gasteiger partial charge in [-0.3, -0.25) is 0 Å². The monoisotopic (exact) mass is 299 g/mol. The second kappa shape index (κ2) is 6.38. The van der Waals surface area contributed by atoms with Gasteiger partial charge in [0.15, 0.2) is 0 Å². The van der Waals surface area contributed by atoms with Gasteiger partial charge < -0.3 is 9.57 Å². The van der Waals surface area contributed by atoms with Gasteiger partial charge in [-0.25, -0.2) is 0 Å². The van der Waals surface area contributed by atoms with Crippen molar-refractivity contribution in [2.75, 3.05) is 13.7 Å². The third-order valence-electron chi connectivity index (χ3n) is 3.13. The van der Waals surface area contributed by atoms with Crippen molar-refractivity contribution in [2.24, 2.45) is 5.92 Å². The van der Waals surface area contributed by atoms with Crippen LogP contribution in [0.5, 0.6) is 5.75 Å². The van der Waals surface area contributed by atoms with Crippen molar-refractivity contribution in [3.05, 3.63) is 28.2 Å². The van der Waals surface area contributed by atoms with Crippen LogP contribution in [0, 0.1) is 5.92 Å². The Morgan fingerprint density at radius 1 is 1.41 bits per heavy atom. The lowest BCUT2D eigenvalue weighted by Crippen LogP contribution is -2.20. The lowest BCUT2D eigenvalue weighted by Gasteiger charge is -2.25. The normalized spacial score (nSPS) is 15.6. The molecule has 0 radical (unpaired) electrons. The molecule has 0 heterocycles. The first-order valence-corrected chi connectivity index (χ1v) is 6.76. The molecule has 1 fully saturated rings. The molecule has 3 nitrogen and oxygen atoms in total. The van der Waals surface area contributed by atoms with Crippen LogP contribution in [0.3, 0.4) is 0 Å². The molecule has 0 spiro atoms. The van der Waals surface area contributed by atoms with Crippen LogP contribution in [0.1, 0.15) is 24.8 Å². The van der Waals surface area contributed by atoms with Crippen LogP contribution >= 0.6 is 15.9 Å². The van der Waals surface area contributed by atoms with Gasteiger partial charge in [0.05, 0.1) is 13.7 Å². The number of hydroxylamine groups is 1. The fourth-order valence-corrected chi connectivity index (χ4v) is 2.25. The number of halogens is 1. The molecule has 1 aromatic rings. The Balaban J connectivity index is 1.97. The molecule has 0 atom stereocenters. The van der Waals surface area contributed by atoms with Crippen LogP contribution in [-0.2, 0) is 11.4 Å². The minimum Gasteiger partial charge on any atom is -0.493 e. The highest BCUT2D eigenvalue weighted by Gasteiger charge is 2.18. The van der Waals surface area contributed by atoms with Crippen LogP contribution in [-0.4, -0.2) is 13.7 Å². The third kappa shape index (κ3) is 3.69. The van der Waals surface area contributed by atoms with Crippen LogP contribution in [0.2, 0.25) is 0 Å². The van der Waals surface area contributed by atoms with Gasteiger partial charge in [0, 0.05) is 16.6 Å². The second-order valence-corrected chi connectivity index (χ2v) is 5.30. The maximum absolute atomic E-state index is 5.88. The van der Waals surface area contributed by atoms with Crippen molar-refractivity contribution < 1.29 is 9.57 Å². The highest BCUT2D eigenvalue weighted by Crippen LogP contribution is 2.29. The topological polar surface area (TPSA) is 30.5 Å². The molecule has 0 amide bonds. The summed E-state index contributed by atoms with van der Waals surface area (Å²) in [5.74, 6) is 1.70. The molecule has 2 rings (SSSR count). The van der Waals surface area contributed by atoms with E-state index >= 15 is 0 Å². The van der Waals surface area contributed by atoms with Crippen molar-refractivity contribution in [3.8, 4) is 5.75 Å². The first-order valence-electron chi connectivity index (χ1n) is 5.96. The lowest BCUT2D eigenvalue weighted by molar-refractivity contribution is 0.0854. The molecular weight excluding hydrogens is 282 g/mol. The third-order valence-corrected chi connectivity index (χ3v) is 3.62. The Kier molecular flexibility index (Phi) is 4.83. The molecular formula is C13H18BrNO2. The first kappa shape index (κ1) is 12.9. The zero-order valence-corrected chi connectivity index (χ0v) is 11.6. The summed E-state index contributed by atoms with van der Waals surface area (Å²) >= 11 is 3.47. The highest BCUT2D eigenvalue weighted by molar-refractivity contribution is 9.10. The number of hydrogen-bond acceptors (Lipinski definition) is 3. The highest BCUT2D eigenvalue weighted by atomic mass is 79.9. The van der Waals surface area contributed by atoms with E-state index < -0.39 is 0 Å². The summed E-state index contributed by atoms with van der Waals surface area (Å²) in [4.78, 5) is 4.88. The van der Waals surface area contributed by atoms with Gasteiger partial charge in [-0.2, -0.15) is 5.48 Å². The van der Waals surface area contributed by atoms with E-state index in [0.29, 0.717) is 6.54 Å². The summed E-state index contributed by atoms with van der Waals surface area (Å²) in [6, 6.07) is 6.07. The van der Waals surface area contributed by atoms with Crippen molar-refractivity contribution in [2.45, 2.75) is 25.8 Å². The van der Waals surface area contributed by atoms with Gasteiger partial charge in [0.2, 0.25) is 0 Å². The summed E-state index contributed by atoms with van der Waals surface area (Å²) in [5, 5.41) is 0. The average Bonchev–Trinajstić information content (AvgIpc) is 2.26. The molecule has 0 unspecified atom stereocenters. The fraction of sp³-hybridized carbons (Fsp3) is 0.538. The molecule has 0 aromatic heterocycles. The van der Waals surface area contributed by atoms with Crippen LogP contribution in [0.15, 0.2) is 22.7 Å². The van der Waals surface area contributed by atoms with Crippen LogP contribution < -0.4 is 10.2 Å². The molecule has 17 heavy (non-hydrogen) atoms. The molecule has 1 N–H and O–H groups in total. The van der Waals surface area contributed by atoms with E-state index in [1.807, 2.05) is 12.1 Å². The maximum atomic E-state index is 5.88. The zero-order chi connectivity index (χ0) is 12.1. The maximum Gasteiger partial charge on any atom is 0.123 e. The smallest absolute Gasteiger partial charge is 0.123 e. The summed E-state index contributed by atoms with van der Waals surface area (Å²) in [6.45, 7) is 1.48. The van der Waals surface area contributed by atoms with Gasteiger partial charge in [0.1, 0.15) is 5.75 Å².